The zero-order valence-corrected chi connectivity index (χ0v) is 11.2. The predicted octanol–water partition coefficient (Wildman–Crippen LogP) is -0.368. The van der Waals surface area contributed by atoms with Crippen LogP contribution in [0.1, 0.15) is 17.2 Å². The maximum atomic E-state index is 9.39. The van der Waals surface area contributed by atoms with Gasteiger partial charge in [-0.1, -0.05) is 6.07 Å². The summed E-state index contributed by atoms with van der Waals surface area (Å²) < 4.78 is 6.87. The minimum atomic E-state index is -1.52. The van der Waals surface area contributed by atoms with E-state index in [1.54, 1.807) is 30.0 Å². The summed E-state index contributed by atoms with van der Waals surface area (Å²) in [5.74, 6) is 2.12. The standard InChI is InChI=1S/C12H16BN3O3/c1-8-14-9(2)16(15-8)7-10-6-11(19-3)4-5-12(10)13(17)18/h4-6,17-18H,7H2,1-3H3. The molecule has 0 atom stereocenters. The van der Waals surface area contributed by atoms with Crippen LogP contribution < -0.4 is 10.2 Å². The van der Waals surface area contributed by atoms with Gasteiger partial charge in [-0.3, -0.25) is 0 Å². The fourth-order valence-corrected chi connectivity index (χ4v) is 1.97. The lowest BCUT2D eigenvalue weighted by Crippen LogP contribution is -2.33. The highest BCUT2D eigenvalue weighted by Crippen LogP contribution is 2.13. The molecule has 100 valence electrons. The van der Waals surface area contributed by atoms with Gasteiger partial charge in [0, 0.05) is 0 Å². The van der Waals surface area contributed by atoms with E-state index < -0.39 is 7.12 Å². The number of benzene rings is 1. The van der Waals surface area contributed by atoms with E-state index in [9.17, 15) is 10.0 Å². The van der Waals surface area contributed by atoms with Crippen LogP contribution >= 0.6 is 0 Å². The van der Waals surface area contributed by atoms with Crippen LogP contribution in [0.5, 0.6) is 5.75 Å². The molecular formula is C12H16BN3O3. The molecule has 7 heteroatoms. The van der Waals surface area contributed by atoms with Crippen LogP contribution in [0.4, 0.5) is 0 Å². The van der Waals surface area contributed by atoms with E-state index in [4.69, 9.17) is 4.74 Å². The summed E-state index contributed by atoms with van der Waals surface area (Å²) in [5, 5.41) is 23.0. The topological polar surface area (TPSA) is 80.4 Å². The number of hydrogen-bond donors (Lipinski definition) is 2. The van der Waals surface area contributed by atoms with Crippen molar-refractivity contribution in [3.8, 4) is 5.75 Å². The largest absolute Gasteiger partial charge is 0.497 e. The molecule has 0 saturated carbocycles. The molecule has 0 spiro atoms. The molecule has 19 heavy (non-hydrogen) atoms. The first-order chi connectivity index (χ1) is 9.01. The van der Waals surface area contributed by atoms with E-state index >= 15 is 0 Å². The Balaban J connectivity index is 2.39. The molecule has 0 aliphatic carbocycles. The zero-order chi connectivity index (χ0) is 14.0. The van der Waals surface area contributed by atoms with E-state index in [0.29, 0.717) is 23.6 Å². The van der Waals surface area contributed by atoms with Gasteiger partial charge in [0.25, 0.3) is 0 Å². The second-order valence-electron chi connectivity index (χ2n) is 4.30. The molecule has 0 unspecified atom stereocenters. The predicted molar refractivity (Wildman–Crippen MR) is 71.4 cm³/mol. The first-order valence-corrected chi connectivity index (χ1v) is 5.92. The Labute approximate surface area is 111 Å². The summed E-state index contributed by atoms with van der Waals surface area (Å²) in [7, 11) is 0.0461. The highest BCUT2D eigenvalue weighted by molar-refractivity contribution is 6.59. The van der Waals surface area contributed by atoms with Gasteiger partial charge in [0.2, 0.25) is 0 Å². The molecule has 0 saturated heterocycles. The van der Waals surface area contributed by atoms with Gasteiger partial charge in [0.05, 0.1) is 13.7 Å². The summed E-state index contributed by atoms with van der Waals surface area (Å²) in [6, 6.07) is 5.10. The Morgan fingerprint density at radius 3 is 2.58 bits per heavy atom. The summed E-state index contributed by atoms with van der Waals surface area (Å²) in [6.45, 7) is 4.09. The number of aromatic nitrogens is 3. The van der Waals surface area contributed by atoms with Gasteiger partial charge in [-0.05, 0) is 37.0 Å². The number of ether oxygens (including phenoxy) is 1. The van der Waals surface area contributed by atoms with Crippen molar-refractivity contribution in [2.75, 3.05) is 7.11 Å². The normalized spacial score (nSPS) is 10.6. The third-order valence-corrected chi connectivity index (χ3v) is 2.91. The maximum absolute atomic E-state index is 9.39. The molecule has 2 aromatic rings. The lowest BCUT2D eigenvalue weighted by Gasteiger charge is -2.11. The molecule has 0 aliphatic heterocycles. The third kappa shape index (κ3) is 2.94. The van der Waals surface area contributed by atoms with Gasteiger partial charge in [0.1, 0.15) is 17.4 Å². The average Bonchev–Trinajstić information content (AvgIpc) is 2.67. The molecule has 6 nitrogen and oxygen atoms in total. The Hall–Kier alpha value is -1.86. The molecule has 1 aromatic heterocycles. The van der Waals surface area contributed by atoms with Gasteiger partial charge in [-0.2, -0.15) is 5.10 Å². The van der Waals surface area contributed by atoms with Crippen LogP contribution in [0.3, 0.4) is 0 Å². The summed E-state index contributed by atoms with van der Waals surface area (Å²) >= 11 is 0. The second-order valence-corrected chi connectivity index (χ2v) is 4.30. The number of nitrogens with zero attached hydrogens (tertiary/aromatic N) is 3. The first kappa shape index (κ1) is 13.6. The third-order valence-electron chi connectivity index (χ3n) is 2.91. The van der Waals surface area contributed by atoms with Gasteiger partial charge in [-0.15, -0.1) is 0 Å². The van der Waals surface area contributed by atoms with Crippen LogP contribution in [0, 0.1) is 13.8 Å². The highest BCUT2D eigenvalue weighted by atomic mass is 16.5. The molecule has 0 bridgehead atoms. The number of methoxy groups -OCH3 is 1. The Kier molecular flexibility index (Phi) is 3.87. The molecule has 1 aromatic carbocycles. The van der Waals surface area contributed by atoms with Crippen molar-refractivity contribution in [1.82, 2.24) is 14.8 Å². The van der Waals surface area contributed by atoms with Crippen molar-refractivity contribution < 1.29 is 14.8 Å². The van der Waals surface area contributed by atoms with Gasteiger partial charge in [0.15, 0.2) is 0 Å². The molecule has 0 amide bonds. The Morgan fingerprint density at radius 1 is 1.32 bits per heavy atom. The smallest absolute Gasteiger partial charge is 0.488 e. The molecular weight excluding hydrogens is 245 g/mol. The molecule has 1 heterocycles. The van der Waals surface area contributed by atoms with Gasteiger partial charge < -0.3 is 14.8 Å². The SMILES string of the molecule is COc1ccc(B(O)O)c(Cn2nc(C)nc2C)c1. The Morgan fingerprint density at radius 2 is 2.05 bits per heavy atom. The average molecular weight is 261 g/mol. The minimum absolute atomic E-state index is 0.414. The van der Waals surface area contributed by atoms with Gasteiger partial charge >= 0.3 is 7.12 Å². The minimum Gasteiger partial charge on any atom is -0.497 e. The molecule has 0 aliphatic rings. The number of aryl methyl sites for hydroxylation is 2. The van der Waals surface area contributed by atoms with E-state index in [1.807, 2.05) is 13.8 Å². The van der Waals surface area contributed by atoms with Crippen LogP contribution in [0.15, 0.2) is 18.2 Å². The van der Waals surface area contributed by atoms with Crippen molar-refractivity contribution in [3.05, 3.63) is 35.4 Å². The molecule has 2 rings (SSSR count). The van der Waals surface area contributed by atoms with Crippen LogP contribution in [-0.4, -0.2) is 39.0 Å². The monoisotopic (exact) mass is 261 g/mol. The summed E-state index contributed by atoms with van der Waals surface area (Å²) in [4.78, 5) is 4.22. The van der Waals surface area contributed by atoms with Crippen molar-refractivity contribution in [2.45, 2.75) is 20.4 Å². The van der Waals surface area contributed by atoms with E-state index in [1.165, 1.54) is 0 Å². The van der Waals surface area contributed by atoms with Crippen LogP contribution in [0.2, 0.25) is 0 Å². The van der Waals surface area contributed by atoms with E-state index in [0.717, 1.165) is 11.4 Å². The molecule has 0 fully saturated rings. The van der Waals surface area contributed by atoms with Crippen molar-refractivity contribution in [3.63, 3.8) is 0 Å². The Bertz CT molecular complexity index is 584. The molecule has 2 N–H and O–H groups in total. The second kappa shape index (κ2) is 5.42. The molecule has 0 radical (unpaired) electrons. The van der Waals surface area contributed by atoms with Crippen molar-refractivity contribution in [1.29, 1.82) is 0 Å². The lowest BCUT2D eigenvalue weighted by molar-refractivity contribution is 0.413. The van der Waals surface area contributed by atoms with Crippen molar-refractivity contribution in [2.24, 2.45) is 0 Å². The highest BCUT2D eigenvalue weighted by Gasteiger charge is 2.17. The number of hydrogen-bond acceptors (Lipinski definition) is 5. The zero-order valence-electron chi connectivity index (χ0n) is 11.2. The first-order valence-electron chi connectivity index (χ1n) is 5.92. The van der Waals surface area contributed by atoms with Crippen LogP contribution in [-0.2, 0) is 6.54 Å². The van der Waals surface area contributed by atoms with E-state index in [2.05, 4.69) is 10.1 Å². The quantitative estimate of drug-likeness (QED) is 0.734. The van der Waals surface area contributed by atoms with Crippen LogP contribution in [0.25, 0.3) is 0 Å². The lowest BCUT2D eigenvalue weighted by atomic mass is 9.77. The summed E-state index contributed by atoms with van der Waals surface area (Å²) in [5.41, 5.74) is 1.18. The van der Waals surface area contributed by atoms with Crippen molar-refractivity contribution >= 4 is 12.6 Å². The van der Waals surface area contributed by atoms with Gasteiger partial charge in [-0.25, -0.2) is 9.67 Å². The fourth-order valence-electron chi connectivity index (χ4n) is 1.97. The maximum Gasteiger partial charge on any atom is 0.488 e. The fraction of sp³-hybridized carbons (Fsp3) is 0.333. The number of rotatable bonds is 4. The summed E-state index contributed by atoms with van der Waals surface area (Å²) in [6.07, 6.45) is 0. The van der Waals surface area contributed by atoms with E-state index in [-0.39, 0.29) is 0 Å².